The fraction of sp³-hybridized carbons (Fsp3) is 0.167. The molecule has 1 amide bonds. The lowest BCUT2D eigenvalue weighted by atomic mass is 10.2. The quantitative estimate of drug-likeness (QED) is 0.620. The van der Waals surface area contributed by atoms with Crippen LogP contribution in [-0.4, -0.2) is 19.2 Å². The molecule has 0 saturated heterocycles. The van der Waals surface area contributed by atoms with Gasteiger partial charge in [0.05, 0.1) is 19.4 Å². The number of halogens is 1. The first kappa shape index (κ1) is 17.9. The number of methoxy groups -OCH3 is 1. The van der Waals surface area contributed by atoms with Gasteiger partial charge in [-0.3, -0.25) is 4.79 Å². The van der Waals surface area contributed by atoms with Gasteiger partial charge >= 0.3 is 0 Å². The maximum absolute atomic E-state index is 13.6. The van der Waals surface area contributed by atoms with E-state index in [4.69, 9.17) is 14.7 Å². The van der Waals surface area contributed by atoms with Crippen LogP contribution in [0.3, 0.4) is 0 Å². The molecule has 0 bridgehead atoms. The predicted molar refractivity (Wildman–Crippen MR) is 89.7 cm³/mol. The largest absolute Gasteiger partial charge is 0.493 e. The van der Waals surface area contributed by atoms with Gasteiger partial charge < -0.3 is 9.47 Å². The Kier molecular flexibility index (Phi) is 6.48. The summed E-state index contributed by atoms with van der Waals surface area (Å²) < 4.78 is 24.5. The molecule has 0 aliphatic heterocycles. The van der Waals surface area contributed by atoms with Gasteiger partial charge in [-0.05, 0) is 29.8 Å². The number of hydrogen-bond donors (Lipinski definition) is 1. The first-order chi connectivity index (χ1) is 12.1. The number of nitrogens with zero attached hydrogens (tertiary/aromatic N) is 2. The van der Waals surface area contributed by atoms with Crippen LogP contribution in [0.25, 0.3) is 0 Å². The Hall–Kier alpha value is -3.40. The zero-order chi connectivity index (χ0) is 18.1. The maximum Gasteiger partial charge on any atom is 0.254 e. The van der Waals surface area contributed by atoms with E-state index in [9.17, 15) is 9.18 Å². The molecule has 7 heteroatoms. The van der Waals surface area contributed by atoms with Crippen molar-refractivity contribution in [2.75, 3.05) is 7.11 Å². The summed E-state index contributed by atoms with van der Waals surface area (Å²) in [6.45, 7) is 0.0701. The Bertz CT molecular complexity index is 815. The van der Waals surface area contributed by atoms with Gasteiger partial charge in [-0.1, -0.05) is 18.2 Å². The highest BCUT2D eigenvalue weighted by atomic mass is 19.1. The monoisotopic (exact) mass is 341 g/mol. The van der Waals surface area contributed by atoms with Crippen LogP contribution >= 0.6 is 0 Å². The average Bonchev–Trinajstić information content (AvgIpc) is 2.62. The number of nitrogens with one attached hydrogen (secondary N) is 1. The minimum atomic E-state index is -0.490. The molecule has 2 rings (SSSR count). The Morgan fingerprint density at radius 1 is 1.32 bits per heavy atom. The van der Waals surface area contributed by atoms with E-state index in [0.717, 1.165) is 0 Å². The normalized spacial score (nSPS) is 10.3. The molecule has 0 spiro atoms. The van der Waals surface area contributed by atoms with E-state index in [-0.39, 0.29) is 18.8 Å². The first-order valence-electron chi connectivity index (χ1n) is 7.37. The number of ether oxygens (including phenoxy) is 2. The van der Waals surface area contributed by atoms with Crippen LogP contribution in [0.5, 0.6) is 11.5 Å². The Morgan fingerprint density at radius 3 is 2.84 bits per heavy atom. The Balaban J connectivity index is 2.04. The molecule has 0 radical (unpaired) electrons. The Labute approximate surface area is 144 Å². The fourth-order valence-electron chi connectivity index (χ4n) is 1.94. The molecule has 0 heterocycles. The summed E-state index contributed by atoms with van der Waals surface area (Å²) in [5.41, 5.74) is 3.33. The van der Waals surface area contributed by atoms with E-state index < -0.39 is 5.91 Å². The third-order valence-electron chi connectivity index (χ3n) is 3.17. The third-order valence-corrected chi connectivity index (χ3v) is 3.17. The molecule has 0 aromatic heterocycles. The maximum atomic E-state index is 13.6. The summed E-state index contributed by atoms with van der Waals surface area (Å²) in [6, 6.07) is 13.1. The summed E-state index contributed by atoms with van der Waals surface area (Å²) >= 11 is 0. The molecule has 0 aliphatic rings. The summed E-state index contributed by atoms with van der Waals surface area (Å²) in [7, 11) is 1.49. The van der Waals surface area contributed by atoms with E-state index in [1.807, 2.05) is 0 Å². The molecule has 128 valence electrons. The second kappa shape index (κ2) is 9.03. The highest BCUT2D eigenvalue weighted by Gasteiger charge is 2.07. The van der Waals surface area contributed by atoms with Gasteiger partial charge in [0.2, 0.25) is 0 Å². The van der Waals surface area contributed by atoms with E-state index in [2.05, 4.69) is 10.5 Å². The van der Waals surface area contributed by atoms with Crippen LogP contribution in [-0.2, 0) is 11.4 Å². The molecular weight excluding hydrogens is 325 g/mol. The van der Waals surface area contributed by atoms with Crippen molar-refractivity contribution in [1.82, 2.24) is 5.43 Å². The number of benzene rings is 2. The van der Waals surface area contributed by atoms with Gasteiger partial charge in [0, 0.05) is 5.56 Å². The zero-order valence-electron chi connectivity index (χ0n) is 13.5. The molecule has 2 aromatic carbocycles. The molecule has 6 nitrogen and oxygen atoms in total. The van der Waals surface area contributed by atoms with Crippen molar-refractivity contribution in [3.8, 4) is 17.6 Å². The van der Waals surface area contributed by atoms with Crippen molar-refractivity contribution in [3.63, 3.8) is 0 Å². The van der Waals surface area contributed by atoms with Crippen molar-refractivity contribution in [1.29, 1.82) is 5.26 Å². The van der Waals surface area contributed by atoms with Crippen molar-refractivity contribution in [2.45, 2.75) is 13.0 Å². The molecule has 0 aliphatic carbocycles. The van der Waals surface area contributed by atoms with E-state index in [0.29, 0.717) is 22.6 Å². The van der Waals surface area contributed by atoms with Crippen molar-refractivity contribution < 1.29 is 18.7 Å². The van der Waals surface area contributed by atoms with Crippen LogP contribution < -0.4 is 14.9 Å². The van der Waals surface area contributed by atoms with Gasteiger partial charge in [-0.15, -0.1) is 0 Å². The van der Waals surface area contributed by atoms with Gasteiger partial charge in [-0.2, -0.15) is 10.4 Å². The smallest absolute Gasteiger partial charge is 0.254 e. The molecular formula is C18H16FN3O3. The van der Waals surface area contributed by atoms with E-state index in [1.54, 1.807) is 42.5 Å². The number of carbonyl (C=O) groups excluding carboxylic acids is 1. The molecule has 2 aromatic rings. The molecule has 0 unspecified atom stereocenters. The SMILES string of the molecule is COc1cc(/C=N\NC(=O)CC#N)ccc1OCc1ccccc1F. The summed E-state index contributed by atoms with van der Waals surface area (Å²) in [6.07, 6.45) is 1.15. The van der Waals surface area contributed by atoms with Crippen LogP contribution in [0.4, 0.5) is 4.39 Å². The van der Waals surface area contributed by atoms with E-state index in [1.165, 1.54) is 19.4 Å². The molecule has 0 atom stereocenters. The highest BCUT2D eigenvalue weighted by molar-refractivity contribution is 5.83. The minimum Gasteiger partial charge on any atom is -0.493 e. The zero-order valence-corrected chi connectivity index (χ0v) is 13.5. The molecule has 0 fully saturated rings. The average molecular weight is 341 g/mol. The molecule has 0 saturated carbocycles. The predicted octanol–water partition coefficient (Wildman–Crippen LogP) is 2.78. The second-order valence-electron chi connectivity index (χ2n) is 4.92. The standard InChI is InChI=1S/C18H16FN3O3/c1-24-17-10-13(11-21-22-18(23)8-9-20)6-7-16(17)25-12-14-4-2-3-5-15(14)19/h2-7,10-11H,8,12H2,1H3,(H,22,23)/b21-11-. The molecule has 1 N–H and O–H groups in total. The van der Waals surface area contributed by atoms with Crippen LogP contribution in [0.2, 0.25) is 0 Å². The first-order valence-corrected chi connectivity index (χ1v) is 7.37. The lowest BCUT2D eigenvalue weighted by molar-refractivity contribution is -0.120. The topological polar surface area (TPSA) is 83.7 Å². The number of nitriles is 1. The minimum absolute atomic E-state index is 0.0701. The number of hydrazone groups is 1. The lowest BCUT2D eigenvalue weighted by Crippen LogP contribution is -2.16. The fourth-order valence-corrected chi connectivity index (χ4v) is 1.94. The van der Waals surface area contributed by atoms with E-state index >= 15 is 0 Å². The number of rotatable bonds is 7. The van der Waals surface area contributed by atoms with Gasteiger partial charge in [0.1, 0.15) is 18.8 Å². The number of hydrogen-bond acceptors (Lipinski definition) is 5. The number of carbonyl (C=O) groups is 1. The van der Waals surface area contributed by atoms with Crippen molar-refractivity contribution in [3.05, 3.63) is 59.4 Å². The Morgan fingerprint density at radius 2 is 2.12 bits per heavy atom. The highest BCUT2D eigenvalue weighted by Crippen LogP contribution is 2.28. The third kappa shape index (κ3) is 5.32. The summed E-state index contributed by atoms with van der Waals surface area (Å²) in [5.74, 6) is 0.0777. The molecule has 25 heavy (non-hydrogen) atoms. The van der Waals surface area contributed by atoms with Crippen LogP contribution in [0, 0.1) is 17.1 Å². The second-order valence-corrected chi connectivity index (χ2v) is 4.92. The number of amides is 1. The van der Waals surface area contributed by atoms with Gasteiger partial charge in [-0.25, -0.2) is 9.82 Å². The van der Waals surface area contributed by atoms with Crippen molar-refractivity contribution >= 4 is 12.1 Å². The summed E-state index contributed by atoms with van der Waals surface area (Å²) in [5, 5.41) is 12.1. The lowest BCUT2D eigenvalue weighted by Gasteiger charge is -2.11. The van der Waals surface area contributed by atoms with Gasteiger partial charge in [0.15, 0.2) is 11.5 Å². The van der Waals surface area contributed by atoms with Crippen LogP contribution in [0.15, 0.2) is 47.6 Å². The van der Waals surface area contributed by atoms with Crippen molar-refractivity contribution in [2.24, 2.45) is 5.10 Å². The van der Waals surface area contributed by atoms with Crippen LogP contribution in [0.1, 0.15) is 17.5 Å². The summed E-state index contributed by atoms with van der Waals surface area (Å²) in [4.78, 5) is 11.1. The van der Waals surface area contributed by atoms with Gasteiger partial charge in [0.25, 0.3) is 5.91 Å².